The van der Waals surface area contributed by atoms with Crippen molar-refractivity contribution in [1.29, 1.82) is 0 Å². The molecule has 1 heterocycles. The van der Waals surface area contributed by atoms with Gasteiger partial charge in [0.15, 0.2) is 0 Å². The SMILES string of the molecule is O=C(O)C1Oc2ccc([N+](=O)[O-])cc2-c2ccccc21. The molecule has 0 amide bonds. The van der Waals surface area contributed by atoms with Gasteiger partial charge in [-0.1, -0.05) is 24.3 Å². The Bertz CT molecular complexity index is 725. The van der Waals surface area contributed by atoms with Crippen LogP contribution in [0.25, 0.3) is 11.1 Å². The summed E-state index contributed by atoms with van der Waals surface area (Å²) in [7, 11) is 0. The minimum atomic E-state index is -1.10. The van der Waals surface area contributed by atoms with Crippen LogP contribution in [0, 0.1) is 10.1 Å². The monoisotopic (exact) mass is 271 g/mol. The lowest BCUT2D eigenvalue weighted by atomic mass is 9.92. The smallest absolute Gasteiger partial charge is 0.349 e. The number of nitrogens with zero attached hydrogens (tertiary/aromatic N) is 1. The van der Waals surface area contributed by atoms with E-state index in [1.165, 1.54) is 18.2 Å². The number of carbonyl (C=O) groups is 1. The maximum Gasteiger partial charge on any atom is 0.349 e. The molecule has 2 aromatic carbocycles. The van der Waals surface area contributed by atoms with Gasteiger partial charge in [0.05, 0.1) is 4.92 Å². The van der Waals surface area contributed by atoms with Gasteiger partial charge >= 0.3 is 5.97 Å². The second-order valence-corrected chi connectivity index (χ2v) is 4.36. The molecule has 0 spiro atoms. The van der Waals surface area contributed by atoms with Crippen molar-refractivity contribution < 1.29 is 19.6 Å². The van der Waals surface area contributed by atoms with E-state index < -0.39 is 17.0 Å². The third-order valence-corrected chi connectivity index (χ3v) is 3.18. The van der Waals surface area contributed by atoms with Gasteiger partial charge in [0.1, 0.15) is 5.75 Å². The largest absolute Gasteiger partial charge is 0.478 e. The highest BCUT2D eigenvalue weighted by Crippen LogP contribution is 2.43. The van der Waals surface area contributed by atoms with E-state index >= 15 is 0 Å². The van der Waals surface area contributed by atoms with Crippen LogP contribution in [0.4, 0.5) is 5.69 Å². The zero-order valence-electron chi connectivity index (χ0n) is 10.1. The van der Waals surface area contributed by atoms with E-state index in [9.17, 15) is 20.0 Å². The van der Waals surface area contributed by atoms with Gasteiger partial charge in [0, 0.05) is 23.3 Å². The van der Waals surface area contributed by atoms with Gasteiger partial charge in [-0.2, -0.15) is 0 Å². The zero-order valence-corrected chi connectivity index (χ0v) is 10.1. The third kappa shape index (κ3) is 1.78. The van der Waals surface area contributed by atoms with Crippen molar-refractivity contribution in [2.45, 2.75) is 6.10 Å². The summed E-state index contributed by atoms with van der Waals surface area (Å²) >= 11 is 0. The van der Waals surface area contributed by atoms with E-state index in [4.69, 9.17) is 4.74 Å². The van der Waals surface area contributed by atoms with E-state index in [0.29, 0.717) is 22.4 Å². The Morgan fingerprint density at radius 3 is 2.65 bits per heavy atom. The predicted octanol–water partition coefficient (Wildman–Crippen LogP) is 2.78. The maximum atomic E-state index is 11.3. The summed E-state index contributed by atoms with van der Waals surface area (Å²) in [6, 6.07) is 11.0. The van der Waals surface area contributed by atoms with Gasteiger partial charge in [-0.05, 0) is 11.6 Å². The van der Waals surface area contributed by atoms with E-state index in [-0.39, 0.29) is 5.69 Å². The second-order valence-electron chi connectivity index (χ2n) is 4.36. The number of non-ortho nitro benzene ring substituents is 1. The summed E-state index contributed by atoms with van der Waals surface area (Å²) in [6.45, 7) is 0. The molecule has 1 N–H and O–H groups in total. The molecule has 100 valence electrons. The zero-order chi connectivity index (χ0) is 14.3. The van der Waals surface area contributed by atoms with Crippen molar-refractivity contribution in [3.8, 4) is 16.9 Å². The first kappa shape index (κ1) is 12.2. The Balaban J connectivity index is 2.23. The average molecular weight is 271 g/mol. The molecule has 0 aliphatic carbocycles. The van der Waals surface area contributed by atoms with Crippen LogP contribution < -0.4 is 4.74 Å². The molecule has 0 bridgehead atoms. The Hall–Kier alpha value is -2.89. The summed E-state index contributed by atoms with van der Waals surface area (Å²) in [6.07, 6.45) is -1.10. The summed E-state index contributed by atoms with van der Waals surface area (Å²) in [4.78, 5) is 21.6. The molecule has 1 aliphatic heterocycles. The lowest BCUT2D eigenvalue weighted by molar-refractivity contribution is -0.384. The average Bonchev–Trinajstić information content (AvgIpc) is 2.45. The Morgan fingerprint density at radius 1 is 1.20 bits per heavy atom. The number of carboxylic acid groups (broad SMARTS) is 1. The molecule has 1 aliphatic rings. The van der Waals surface area contributed by atoms with E-state index in [1.54, 1.807) is 24.3 Å². The van der Waals surface area contributed by atoms with Crippen LogP contribution in [0.5, 0.6) is 5.75 Å². The van der Waals surface area contributed by atoms with E-state index in [0.717, 1.165) is 0 Å². The Morgan fingerprint density at radius 2 is 1.95 bits per heavy atom. The van der Waals surface area contributed by atoms with Crippen molar-refractivity contribution in [2.24, 2.45) is 0 Å². The van der Waals surface area contributed by atoms with Crippen molar-refractivity contribution in [2.75, 3.05) is 0 Å². The normalized spacial score (nSPS) is 15.7. The fraction of sp³-hybridized carbons (Fsp3) is 0.0714. The lowest BCUT2D eigenvalue weighted by Crippen LogP contribution is -2.22. The highest BCUT2D eigenvalue weighted by Gasteiger charge is 2.31. The van der Waals surface area contributed by atoms with Gasteiger partial charge in [-0.25, -0.2) is 4.79 Å². The topological polar surface area (TPSA) is 89.7 Å². The van der Waals surface area contributed by atoms with Crippen LogP contribution in [-0.2, 0) is 4.79 Å². The van der Waals surface area contributed by atoms with E-state index in [1.807, 2.05) is 0 Å². The first-order chi connectivity index (χ1) is 9.58. The van der Waals surface area contributed by atoms with Crippen LogP contribution in [0.15, 0.2) is 42.5 Å². The number of nitro benzene ring substituents is 1. The number of rotatable bonds is 2. The Kier molecular flexibility index (Phi) is 2.64. The van der Waals surface area contributed by atoms with Crippen LogP contribution in [0.3, 0.4) is 0 Å². The number of nitro groups is 1. The molecule has 0 radical (unpaired) electrons. The molecule has 20 heavy (non-hydrogen) atoms. The van der Waals surface area contributed by atoms with Crippen molar-refractivity contribution in [3.63, 3.8) is 0 Å². The van der Waals surface area contributed by atoms with Gasteiger partial charge in [0.25, 0.3) is 5.69 Å². The lowest BCUT2D eigenvalue weighted by Gasteiger charge is -2.25. The van der Waals surface area contributed by atoms with Crippen molar-refractivity contribution in [3.05, 3.63) is 58.1 Å². The van der Waals surface area contributed by atoms with Crippen molar-refractivity contribution >= 4 is 11.7 Å². The number of benzene rings is 2. The maximum absolute atomic E-state index is 11.3. The fourth-order valence-corrected chi connectivity index (χ4v) is 2.29. The number of aliphatic carboxylic acids is 1. The third-order valence-electron chi connectivity index (χ3n) is 3.18. The minimum absolute atomic E-state index is 0.0593. The Labute approximate surface area is 113 Å². The van der Waals surface area contributed by atoms with Crippen LogP contribution in [0.2, 0.25) is 0 Å². The highest BCUT2D eigenvalue weighted by atomic mass is 16.6. The molecule has 6 heteroatoms. The number of carboxylic acids is 1. The molecule has 0 fully saturated rings. The summed E-state index contributed by atoms with van der Waals surface area (Å²) < 4.78 is 5.43. The molecule has 6 nitrogen and oxygen atoms in total. The number of hydrogen-bond donors (Lipinski definition) is 1. The molecule has 2 aromatic rings. The standard InChI is InChI=1S/C14H9NO5/c16-14(17)13-10-4-2-1-3-9(10)11-7-8(15(18)19)5-6-12(11)20-13/h1-7,13H,(H,16,17). The van der Waals surface area contributed by atoms with Gasteiger partial charge in [0.2, 0.25) is 6.10 Å². The molecule has 0 aromatic heterocycles. The summed E-state index contributed by atoms with van der Waals surface area (Å²) in [5.41, 5.74) is 1.61. The quantitative estimate of drug-likeness (QED) is 0.670. The molecule has 3 rings (SSSR count). The summed E-state index contributed by atoms with van der Waals surface area (Å²) in [5.74, 6) is -0.761. The summed E-state index contributed by atoms with van der Waals surface area (Å²) in [5, 5.41) is 20.1. The van der Waals surface area contributed by atoms with Crippen LogP contribution in [-0.4, -0.2) is 16.0 Å². The highest BCUT2D eigenvalue weighted by molar-refractivity contribution is 5.85. The number of ether oxygens (including phenoxy) is 1. The molecular weight excluding hydrogens is 262 g/mol. The number of fused-ring (bicyclic) bond motifs is 3. The fourth-order valence-electron chi connectivity index (χ4n) is 2.29. The van der Waals surface area contributed by atoms with Gasteiger partial charge in [-0.3, -0.25) is 10.1 Å². The molecule has 0 saturated heterocycles. The minimum Gasteiger partial charge on any atom is -0.478 e. The van der Waals surface area contributed by atoms with Gasteiger partial charge < -0.3 is 9.84 Å². The molecular formula is C14H9NO5. The number of hydrogen-bond acceptors (Lipinski definition) is 4. The van der Waals surface area contributed by atoms with E-state index in [2.05, 4.69) is 0 Å². The van der Waals surface area contributed by atoms with Gasteiger partial charge in [-0.15, -0.1) is 0 Å². The molecule has 1 atom stereocenters. The first-order valence-electron chi connectivity index (χ1n) is 5.85. The second kappa shape index (κ2) is 4.34. The molecule has 0 saturated carbocycles. The van der Waals surface area contributed by atoms with Crippen molar-refractivity contribution in [1.82, 2.24) is 0 Å². The van der Waals surface area contributed by atoms with Crippen LogP contribution in [0.1, 0.15) is 11.7 Å². The predicted molar refractivity (Wildman–Crippen MR) is 69.5 cm³/mol. The first-order valence-corrected chi connectivity index (χ1v) is 5.85. The molecule has 1 unspecified atom stereocenters. The van der Waals surface area contributed by atoms with Crippen LogP contribution >= 0.6 is 0 Å².